The van der Waals surface area contributed by atoms with Crippen LogP contribution >= 0.6 is 0 Å². The van der Waals surface area contributed by atoms with Gasteiger partial charge in [-0.1, -0.05) is 13.0 Å². The summed E-state index contributed by atoms with van der Waals surface area (Å²) in [4.78, 5) is 21.4. The lowest BCUT2D eigenvalue weighted by Gasteiger charge is -2.30. The number of benzene rings is 1. The van der Waals surface area contributed by atoms with Crippen LogP contribution in [0.4, 0.5) is 11.5 Å². The van der Waals surface area contributed by atoms with Crippen molar-refractivity contribution in [2.75, 3.05) is 18.0 Å². The smallest absolute Gasteiger partial charge is 0.373 e. The minimum atomic E-state index is -0.455. The molecule has 1 fully saturated rings. The molecule has 0 spiro atoms. The molecule has 0 bridgehead atoms. The number of aryl methyl sites for hydroxylation is 2. The van der Waals surface area contributed by atoms with Gasteiger partial charge in [-0.2, -0.15) is 4.98 Å². The lowest BCUT2D eigenvalue weighted by atomic mass is 9.99. The van der Waals surface area contributed by atoms with Crippen molar-refractivity contribution < 1.29 is 9.66 Å². The van der Waals surface area contributed by atoms with E-state index in [0.717, 1.165) is 37.1 Å². The first-order chi connectivity index (χ1) is 12.0. The Morgan fingerprint density at radius 2 is 1.92 bits per heavy atom. The van der Waals surface area contributed by atoms with Crippen molar-refractivity contribution in [3.63, 3.8) is 0 Å². The van der Waals surface area contributed by atoms with E-state index < -0.39 is 4.92 Å². The van der Waals surface area contributed by atoms with Crippen LogP contribution in [-0.2, 0) is 0 Å². The minimum absolute atomic E-state index is 0.0168. The number of nitrogens with zero attached hydrogens (tertiary/aromatic N) is 4. The average Bonchev–Trinajstić information content (AvgIpc) is 2.58. The van der Waals surface area contributed by atoms with E-state index in [2.05, 4.69) is 16.9 Å². The Hall–Kier alpha value is -2.70. The molecule has 0 saturated carbocycles. The van der Waals surface area contributed by atoms with E-state index in [-0.39, 0.29) is 11.6 Å². The molecule has 0 aliphatic carbocycles. The minimum Gasteiger partial charge on any atom is -0.434 e. The molecule has 0 N–H and O–H groups in total. The van der Waals surface area contributed by atoms with Crippen LogP contribution < -0.4 is 9.64 Å². The highest BCUT2D eigenvalue weighted by Crippen LogP contribution is 2.37. The maximum Gasteiger partial charge on any atom is 0.373 e. The first-order valence-electron chi connectivity index (χ1n) is 8.45. The van der Waals surface area contributed by atoms with Crippen LogP contribution in [0.25, 0.3) is 0 Å². The van der Waals surface area contributed by atoms with Gasteiger partial charge >= 0.3 is 11.6 Å². The van der Waals surface area contributed by atoms with Crippen molar-refractivity contribution in [1.29, 1.82) is 0 Å². The predicted octanol–water partition coefficient (Wildman–Crippen LogP) is 4.03. The molecule has 132 valence electrons. The Morgan fingerprint density at radius 1 is 1.20 bits per heavy atom. The van der Waals surface area contributed by atoms with Gasteiger partial charge in [0.2, 0.25) is 5.82 Å². The number of piperidine rings is 1. The summed E-state index contributed by atoms with van der Waals surface area (Å²) in [5.41, 5.74) is 2.02. The summed E-state index contributed by atoms with van der Waals surface area (Å²) in [6.45, 7) is 7.67. The second kappa shape index (κ2) is 7.04. The monoisotopic (exact) mass is 342 g/mol. The largest absolute Gasteiger partial charge is 0.434 e. The Labute approximate surface area is 146 Å². The zero-order valence-corrected chi connectivity index (χ0v) is 14.7. The van der Waals surface area contributed by atoms with Crippen LogP contribution in [0.1, 0.15) is 30.9 Å². The number of hydrogen-bond donors (Lipinski definition) is 0. The number of nitro groups is 1. The van der Waals surface area contributed by atoms with Gasteiger partial charge in [0.05, 0.1) is 4.92 Å². The van der Waals surface area contributed by atoms with Crippen LogP contribution in [0.2, 0.25) is 0 Å². The van der Waals surface area contributed by atoms with Gasteiger partial charge in [-0.3, -0.25) is 10.1 Å². The molecular formula is C18H22N4O3. The summed E-state index contributed by atoms with van der Waals surface area (Å²) in [5.74, 6) is 1.48. The van der Waals surface area contributed by atoms with E-state index >= 15 is 0 Å². The fourth-order valence-corrected chi connectivity index (χ4v) is 2.93. The zero-order chi connectivity index (χ0) is 18.0. The molecule has 0 amide bonds. The van der Waals surface area contributed by atoms with Gasteiger partial charge in [0, 0.05) is 13.1 Å². The molecule has 1 aromatic heterocycles. The molecule has 7 nitrogen and oxygen atoms in total. The number of anilines is 1. The van der Waals surface area contributed by atoms with Crippen molar-refractivity contribution in [1.82, 2.24) is 9.97 Å². The Kier molecular flexibility index (Phi) is 4.83. The molecule has 1 aromatic carbocycles. The van der Waals surface area contributed by atoms with Gasteiger partial charge in [0.15, 0.2) is 0 Å². The highest BCUT2D eigenvalue weighted by molar-refractivity contribution is 5.63. The number of aromatic nitrogens is 2. The molecule has 2 heterocycles. The number of hydrogen-bond acceptors (Lipinski definition) is 6. The lowest BCUT2D eigenvalue weighted by molar-refractivity contribution is -0.385. The van der Waals surface area contributed by atoms with Crippen molar-refractivity contribution in [3.05, 3.63) is 45.8 Å². The molecule has 1 saturated heterocycles. The van der Waals surface area contributed by atoms with E-state index in [1.54, 1.807) is 6.07 Å². The van der Waals surface area contributed by atoms with E-state index in [9.17, 15) is 10.1 Å². The van der Waals surface area contributed by atoms with Gasteiger partial charge in [-0.05, 0) is 55.9 Å². The van der Waals surface area contributed by atoms with Crippen molar-refractivity contribution in [2.45, 2.75) is 33.6 Å². The summed E-state index contributed by atoms with van der Waals surface area (Å²) in [6, 6.07) is 5.56. The van der Waals surface area contributed by atoms with Crippen LogP contribution in [0.15, 0.2) is 24.5 Å². The first-order valence-corrected chi connectivity index (χ1v) is 8.45. The maximum atomic E-state index is 11.7. The van der Waals surface area contributed by atoms with Gasteiger partial charge in [0.1, 0.15) is 12.1 Å². The fraction of sp³-hybridized carbons (Fsp3) is 0.444. The molecule has 1 aliphatic rings. The summed E-state index contributed by atoms with van der Waals surface area (Å²) in [6.07, 6.45) is 3.32. The lowest BCUT2D eigenvalue weighted by Crippen LogP contribution is -2.34. The molecule has 0 unspecified atom stereocenters. The number of rotatable bonds is 4. The third-order valence-corrected chi connectivity index (χ3v) is 4.73. The fourth-order valence-electron chi connectivity index (χ4n) is 2.93. The van der Waals surface area contributed by atoms with Crippen LogP contribution in [0, 0.1) is 29.9 Å². The highest BCUT2D eigenvalue weighted by Gasteiger charge is 2.30. The Balaban J connectivity index is 1.95. The SMILES string of the molecule is Cc1ccc(Oc2ncnc(N3CCC(C)CC3)c2[N+](=O)[O-])cc1C. The van der Waals surface area contributed by atoms with Crippen LogP contribution in [0.3, 0.4) is 0 Å². The Bertz CT molecular complexity index is 786. The first kappa shape index (κ1) is 17.1. The molecular weight excluding hydrogens is 320 g/mol. The van der Waals surface area contributed by atoms with Gasteiger partial charge in [0.25, 0.3) is 0 Å². The molecule has 2 aromatic rings. The van der Waals surface area contributed by atoms with E-state index in [1.807, 2.05) is 30.9 Å². The summed E-state index contributed by atoms with van der Waals surface area (Å²) < 4.78 is 5.74. The molecule has 1 aliphatic heterocycles. The Morgan fingerprint density at radius 3 is 2.56 bits per heavy atom. The third kappa shape index (κ3) is 3.70. The standard InChI is InChI=1S/C18H22N4O3/c1-12-6-8-21(9-7-12)17-16(22(23)24)18(20-11-19-17)25-15-5-4-13(2)14(3)10-15/h4-5,10-12H,6-9H2,1-3H3. The normalized spacial score (nSPS) is 15.2. The van der Waals surface area contributed by atoms with E-state index in [4.69, 9.17) is 4.74 Å². The van der Waals surface area contributed by atoms with Gasteiger partial charge in [-0.25, -0.2) is 4.98 Å². The average molecular weight is 342 g/mol. The molecule has 0 radical (unpaired) electrons. The van der Waals surface area contributed by atoms with Gasteiger partial charge < -0.3 is 9.64 Å². The molecule has 7 heteroatoms. The van der Waals surface area contributed by atoms with E-state index in [1.165, 1.54) is 6.33 Å². The maximum absolute atomic E-state index is 11.7. The second-order valence-electron chi connectivity index (χ2n) is 6.63. The quantitative estimate of drug-likeness (QED) is 0.616. The number of ether oxygens (including phenoxy) is 1. The van der Waals surface area contributed by atoms with Gasteiger partial charge in [-0.15, -0.1) is 0 Å². The zero-order valence-electron chi connectivity index (χ0n) is 14.7. The summed E-state index contributed by atoms with van der Waals surface area (Å²) >= 11 is 0. The molecule has 25 heavy (non-hydrogen) atoms. The second-order valence-corrected chi connectivity index (χ2v) is 6.63. The molecule has 3 rings (SSSR count). The highest BCUT2D eigenvalue weighted by atomic mass is 16.6. The van der Waals surface area contributed by atoms with Crippen LogP contribution in [0.5, 0.6) is 11.6 Å². The van der Waals surface area contributed by atoms with Crippen molar-refractivity contribution in [2.24, 2.45) is 5.92 Å². The molecule has 0 atom stereocenters. The predicted molar refractivity (Wildman–Crippen MR) is 95.3 cm³/mol. The van der Waals surface area contributed by atoms with Crippen molar-refractivity contribution in [3.8, 4) is 11.6 Å². The van der Waals surface area contributed by atoms with E-state index in [0.29, 0.717) is 17.5 Å². The third-order valence-electron chi connectivity index (χ3n) is 4.73. The topological polar surface area (TPSA) is 81.4 Å². The van der Waals surface area contributed by atoms with Crippen molar-refractivity contribution >= 4 is 11.5 Å². The summed E-state index contributed by atoms with van der Waals surface area (Å²) in [5, 5.41) is 11.7. The van der Waals surface area contributed by atoms with Crippen LogP contribution in [-0.4, -0.2) is 28.0 Å². The summed E-state index contributed by atoms with van der Waals surface area (Å²) in [7, 11) is 0.